The van der Waals surface area contributed by atoms with Crippen LogP contribution in [0.3, 0.4) is 0 Å². The molecule has 0 spiro atoms. The van der Waals surface area contributed by atoms with Crippen molar-refractivity contribution < 1.29 is 24.4 Å². The van der Waals surface area contributed by atoms with E-state index in [1.54, 1.807) is 19.9 Å². The van der Waals surface area contributed by atoms with Crippen molar-refractivity contribution in [2.24, 2.45) is 0 Å². The Bertz CT molecular complexity index is 428. The van der Waals surface area contributed by atoms with Gasteiger partial charge in [0.15, 0.2) is 0 Å². The molecule has 5 nitrogen and oxygen atoms in total. The first kappa shape index (κ1) is 16.5. The normalized spacial score (nSPS) is 10.7. The van der Waals surface area contributed by atoms with Crippen LogP contribution in [0.5, 0.6) is 5.75 Å². The zero-order chi connectivity index (χ0) is 15.0. The molecule has 0 aliphatic carbocycles. The SMILES string of the molecule is CCOc1ccc(CCC(=O)OOC(C)C)cc1CO. The zero-order valence-electron chi connectivity index (χ0n) is 12.2. The number of aliphatic hydroxyl groups is 1. The number of rotatable bonds is 8. The van der Waals surface area contributed by atoms with Gasteiger partial charge in [0.25, 0.3) is 0 Å². The summed E-state index contributed by atoms with van der Waals surface area (Å²) in [4.78, 5) is 20.8. The Morgan fingerprint density at radius 2 is 2.10 bits per heavy atom. The zero-order valence-corrected chi connectivity index (χ0v) is 12.2. The van der Waals surface area contributed by atoms with Gasteiger partial charge in [-0.3, -0.25) is 4.89 Å². The van der Waals surface area contributed by atoms with E-state index in [0.29, 0.717) is 18.8 Å². The average Bonchev–Trinajstić information content (AvgIpc) is 2.44. The van der Waals surface area contributed by atoms with Crippen molar-refractivity contribution in [3.8, 4) is 5.75 Å². The van der Waals surface area contributed by atoms with Gasteiger partial charge in [-0.1, -0.05) is 6.07 Å². The van der Waals surface area contributed by atoms with E-state index in [4.69, 9.17) is 9.62 Å². The summed E-state index contributed by atoms with van der Waals surface area (Å²) in [6.45, 7) is 5.91. The van der Waals surface area contributed by atoms with Crippen LogP contribution in [-0.2, 0) is 27.6 Å². The lowest BCUT2D eigenvalue weighted by Crippen LogP contribution is -2.11. The fourth-order valence-corrected chi connectivity index (χ4v) is 1.65. The van der Waals surface area contributed by atoms with Crippen molar-refractivity contribution in [1.82, 2.24) is 0 Å². The van der Waals surface area contributed by atoms with Crippen molar-refractivity contribution in [3.05, 3.63) is 29.3 Å². The predicted molar refractivity (Wildman–Crippen MR) is 74.2 cm³/mol. The largest absolute Gasteiger partial charge is 0.494 e. The first-order chi connectivity index (χ1) is 9.56. The molecule has 0 saturated heterocycles. The first-order valence-corrected chi connectivity index (χ1v) is 6.78. The summed E-state index contributed by atoms with van der Waals surface area (Å²) in [5, 5.41) is 9.30. The molecule has 5 heteroatoms. The Morgan fingerprint density at radius 1 is 1.35 bits per heavy atom. The molecule has 0 saturated carbocycles. The maximum absolute atomic E-state index is 11.4. The van der Waals surface area contributed by atoms with Crippen LogP contribution in [0.4, 0.5) is 0 Å². The summed E-state index contributed by atoms with van der Waals surface area (Å²) in [5.74, 6) is 0.266. The number of benzene rings is 1. The summed E-state index contributed by atoms with van der Waals surface area (Å²) in [6.07, 6.45) is 0.607. The lowest BCUT2D eigenvalue weighted by atomic mass is 10.1. The van der Waals surface area contributed by atoms with Crippen molar-refractivity contribution in [2.75, 3.05) is 6.61 Å². The first-order valence-electron chi connectivity index (χ1n) is 6.78. The van der Waals surface area contributed by atoms with Gasteiger partial charge in [-0.05, 0) is 44.9 Å². The molecule has 0 amide bonds. The standard InChI is InChI=1S/C15H22O5/c1-4-18-14-7-5-12(9-13(14)10-16)6-8-15(17)20-19-11(2)3/h5,7,9,11,16H,4,6,8,10H2,1-3H3. The lowest BCUT2D eigenvalue weighted by molar-refractivity contribution is -0.291. The van der Waals surface area contributed by atoms with Crippen molar-refractivity contribution >= 4 is 5.97 Å². The van der Waals surface area contributed by atoms with E-state index in [9.17, 15) is 9.90 Å². The second-order valence-electron chi connectivity index (χ2n) is 4.63. The summed E-state index contributed by atoms with van der Waals surface area (Å²) >= 11 is 0. The van der Waals surface area contributed by atoms with Crippen LogP contribution in [0.15, 0.2) is 18.2 Å². The van der Waals surface area contributed by atoms with E-state index in [1.165, 1.54) is 0 Å². The van der Waals surface area contributed by atoms with Crippen molar-refractivity contribution in [1.29, 1.82) is 0 Å². The summed E-state index contributed by atoms with van der Waals surface area (Å²) in [7, 11) is 0. The summed E-state index contributed by atoms with van der Waals surface area (Å²) < 4.78 is 5.40. The van der Waals surface area contributed by atoms with Crippen LogP contribution in [0, 0.1) is 0 Å². The molecule has 1 aromatic carbocycles. The highest BCUT2D eigenvalue weighted by molar-refractivity contribution is 5.69. The minimum absolute atomic E-state index is 0.0932. The van der Waals surface area contributed by atoms with E-state index in [2.05, 4.69) is 4.89 Å². The molecule has 0 bridgehead atoms. The minimum Gasteiger partial charge on any atom is -0.494 e. The molecule has 112 valence electrons. The van der Waals surface area contributed by atoms with Gasteiger partial charge in [0.2, 0.25) is 0 Å². The average molecular weight is 282 g/mol. The summed E-state index contributed by atoms with van der Waals surface area (Å²) in [6, 6.07) is 5.52. The summed E-state index contributed by atoms with van der Waals surface area (Å²) in [5.41, 5.74) is 1.66. The molecule has 0 heterocycles. The van der Waals surface area contributed by atoms with E-state index in [0.717, 1.165) is 11.1 Å². The van der Waals surface area contributed by atoms with Gasteiger partial charge >= 0.3 is 5.97 Å². The smallest absolute Gasteiger partial charge is 0.342 e. The van der Waals surface area contributed by atoms with Gasteiger partial charge < -0.3 is 9.84 Å². The molecule has 0 aliphatic heterocycles. The van der Waals surface area contributed by atoms with Gasteiger partial charge in [0.05, 0.1) is 25.7 Å². The van der Waals surface area contributed by atoms with E-state index in [-0.39, 0.29) is 19.1 Å². The minimum atomic E-state index is -0.405. The molecule has 1 N–H and O–H groups in total. The molecule has 0 aliphatic rings. The Morgan fingerprint density at radius 3 is 2.70 bits per heavy atom. The van der Waals surface area contributed by atoms with E-state index >= 15 is 0 Å². The number of hydrogen-bond donors (Lipinski definition) is 1. The molecule has 1 rings (SSSR count). The Kier molecular flexibility index (Phi) is 7.04. The Balaban J connectivity index is 2.53. The quantitative estimate of drug-likeness (QED) is 0.586. The third-order valence-corrected chi connectivity index (χ3v) is 2.55. The van der Waals surface area contributed by atoms with Gasteiger partial charge in [-0.2, -0.15) is 4.89 Å². The number of hydrogen-bond acceptors (Lipinski definition) is 5. The van der Waals surface area contributed by atoms with Gasteiger partial charge in [0, 0.05) is 5.56 Å². The highest BCUT2D eigenvalue weighted by Crippen LogP contribution is 2.21. The fourth-order valence-electron chi connectivity index (χ4n) is 1.65. The number of aliphatic hydroxyl groups excluding tert-OH is 1. The molecular weight excluding hydrogens is 260 g/mol. The third kappa shape index (κ3) is 5.59. The molecular formula is C15H22O5. The predicted octanol–water partition coefficient (Wildman–Crippen LogP) is 2.39. The number of aryl methyl sites for hydroxylation is 1. The Labute approximate surface area is 119 Å². The molecule has 20 heavy (non-hydrogen) atoms. The van der Waals surface area contributed by atoms with Gasteiger partial charge in [0.1, 0.15) is 5.75 Å². The van der Waals surface area contributed by atoms with E-state index < -0.39 is 5.97 Å². The number of ether oxygens (including phenoxy) is 1. The second kappa shape index (κ2) is 8.55. The van der Waals surface area contributed by atoms with Gasteiger partial charge in [-0.25, -0.2) is 4.79 Å². The van der Waals surface area contributed by atoms with Crippen molar-refractivity contribution in [3.63, 3.8) is 0 Å². The lowest BCUT2D eigenvalue weighted by Gasteiger charge is -2.10. The second-order valence-corrected chi connectivity index (χ2v) is 4.63. The van der Waals surface area contributed by atoms with Crippen LogP contribution in [0.2, 0.25) is 0 Å². The molecule has 0 atom stereocenters. The fraction of sp³-hybridized carbons (Fsp3) is 0.533. The maximum atomic E-state index is 11.4. The van der Waals surface area contributed by atoms with Crippen LogP contribution in [-0.4, -0.2) is 23.8 Å². The van der Waals surface area contributed by atoms with Crippen LogP contribution < -0.4 is 4.74 Å². The number of carbonyl (C=O) groups excluding carboxylic acids is 1. The Hall–Kier alpha value is -1.59. The van der Waals surface area contributed by atoms with Gasteiger partial charge in [-0.15, -0.1) is 0 Å². The number of carbonyl (C=O) groups is 1. The highest BCUT2D eigenvalue weighted by atomic mass is 17.2. The molecule has 0 fully saturated rings. The van der Waals surface area contributed by atoms with Crippen LogP contribution in [0.25, 0.3) is 0 Å². The van der Waals surface area contributed by atoms with Crippen LogP contribution >= 0.6 is 0 Å². The monoisotopic (exact) mass is 282 g/mol. The molecule has 0 unspecified atom stereocenters. The third-order valence-electron chi connectivity index (χ3n) is 2.55. The van der Waals surface area contributed by atoms with Crippen LogP contribution in [0.1, 0.15) is 38.3 Å². The molecule has 1 aromatic rings. The topological polar surface area (TPSA) is 65.0 Å². The van der Waals surface area contributed by atoms with Crippen molar-refractivity contribution in [2.45, 2.75) is 46.3 Å². The van der Waals surface area contributed by atoms with E-state index in [1.807, 2.05) is 19.1 Å². The highest BCUT2D eigenvalue weighted by Gasteiger charge is 2.09. The molecule has 0 radical (unpaired) electrons. The molecule has 0 aromatic heterocycles. The maximum Gasteiger partial charge on any atom is 0.342 e.